The van der Waals surface area contributed by atoms with Crippen LogP contribution in [0.25, 0.3) is 0 Å². The van der Waals surface area contributed by atoms with Crippen molar-refractivity contribution in [3.05, 3.63) is 60.2 Å². The van der Waals surface area contributed by atoms with Gasteiger partial charge in [-0.3, -0.25) is 4.79 Å². The van der Waals surface area contributed by atoms with Crippen molar-refractivity contribution in [1.29, 1.82) is 0 Å². The van der Waals surface area contributed by atoms with Crippen LogP contribution < -0.4 is 10.1 Å². The minimum Gasteiger partial charge on any atom is -0.494 e. The smallest absolute Gasteiger partial charge is 0.255 e. The summed E-state index contributed by atoms with van der Waals surface area (Å²) in [6, 6.07) is 16.9. The van der Waals surface area contributed by atoms with Gasteiger partial charge in [0, 0.05) is 11.3 Å². The Morgan fingerprint density at radius 1 is 0.700 bits per heavy atom. The van der Waals surface area contributed by atoms with E-state index < -0.39 is 0 Å². The summed E-state index contributed by atoms with van der Waals surface area (Å²) in [5.41, 5.74) is 1.44. The molecule has 0 heterocycles. The van der Waals surface area contributed by atoms with Crippen LogP contribution >= 0.6 is 0 Å². The Hall–Kier alpha value is -2.29. The summed E-state index contributed by atoms with van der Waals surface area (Å²) >= 11 is 0. The molecule has 0 saturated heterocycles. The fraction of sp³-hybridized carbons (Fsp3) is 0.519. The Balaban J connectivity index is 1.47. The first kappa shape index (κ1) is 24.0. The molecule has 30 heavy (non-hydrogen) atoms. The van der Waals surface area contributed by atoms with Gasteiger partial charge in [0.05, 0.1) is 6.61 Å². The Morgan fingerprint density at radius 3 is 1.80 bits per heavy atom. The van der Waals surface area contributed by atoms with Gasteiger partial charge < -0.3 is 10.1 Å². The fourth-order valence-corrected chi connectivity index (χ4v) is 3.56. The van der Waals surface area contributed by atoms with Crippen LogP contribution in [0.4, 0.5) is 5.69 Å². The number of carbonyl (C=O) groups is 1. The molecule has 0 atom stereocenters. The van der Waals surface area contributed by atoms with E-state index in [-0.39, 0.29) is 5.91 Å². The van der Waals surface area contributed by atoms with E-state index in [0.717, 1.165) is 24.5 Å². The quantitative estimate of drug-likeness (QED) is 0.285. The Bertz CT molecular complexity index is 682. The molecule has 0 aliphatic carbocycles. The van der Waals surface area contributed by atoms with Gasteiger partial charge in [-0.05, 0) is 42.8 Å². The molecule has 0 saturated carbocycles. The molecule has 2 aromatic rings. The Morgan fingerprint density at radius 2 is 1.23 bits per heavy atom. The molecule has 3 nitrogen and oxygen atoms in total. The molecule has 0 aliphatic heterocycles. The molecule has 0 fully saturated rings. The topological polar surface area (TPSA) is 38.3 Å². The maximum atomic E-state index is 12.2. The number of nitrogens with one attached hydrogen (secondary N) is 1. The van der Waals surface area contributed by atoms with Crippen LogP contribution in [-0.4, -0.2) is 12.5 Å². The van der Waals surface area contributed by atoms with E-state index in [4.69, 9.17) is 4.74 Å². The van der Waals surface area contributed by atoms with Crippen LogP contribution in [0.5, 0.6) is 5.75 Å². The molecule has 1 N–H and O–H groups in total. The molecular formula is C27H39NO2. The second-order valence-electron chi connectivity index (χ2n) is 8.08. The number of carbonyl (C=O) groups excluding carboxylic acids is 1. The number of rotatable bonds is 16. The second-order valence-corrected chi connectivity index (χ2v) is 8.08. The SMILES string of the molecule is CCCCCCCCCCCCCCOc1ccc(NC(=O)c2ccccc2)cc1. The van der Waals surface area contributed by atoms with Crippen LogP contribution in [0.2, 0.25) is 0 Å². The largest absolute Gasteiger partial charge is 0.494 e. The molecule has 2 rings (SSSR count). The van der Waals surface area contributed by atoms with Gasteiger partial charge in [-0.2, -0.15) is 0 Å². The monoisotopic (exact) mass is 409 g/mol. The minimum atomic E-state index is -0.0965. The van der Waals surface area contributed by atoms with Crippen molar-refractivity contribution in [1.82, 2.24) is 0 Å². The predicted molar refractivity (Wildman–Crippen MR) is 127 cm³/mol. The van der Waals surface area contributed by atoms with Gasteiger partial charge in [0.25, 0.3) is 5.91 Å². The molecule has 0 bridgehead atoms. The zero-order valence-electron chi connectivity index (χ0n) is 18.7. The van der Waals surface area contributed by atoms with E-state index in [9.17, 15) is 4.79 Å². The van der Waals surface area contributed by atoms with Crippen molar-refractivity contribution >= 4 is 11.6 Å². The highest BCUT2D eigenvalue weighted by Gasteiger charge is 2.05. The van der Waals surface area contributed by atoms with E-state index in [1.54, 1.807) is 0 Å². The van der Waals surface area contributed by atoms with Crippen molar-refractivity contribution in [3.8, 4) is 5.75 Å². The van der Waals surface area contributed by atoms with Crippen molar-refractivity contribution in [2.75, 3.05) is 11.9 Å². The number of benzene rings is 2. The average Bonchev–Trinajstić information content (AvgIpc) is 2.78. The third kappa shape index (κ3) is 10.5. The minimum absolute atomic E-state index is 0.0965. The standard InChI is InChI=1S/C27H39NO2/c1-2-3-4-5-6-7-8-9-10-11-12-16-23-30-26-21-19-25(20-22-26)28-27(29)24-17-14-13-15-18-24/h13-15,17-22H,2-12,16,23H2,1H3,(H,28,29). The van der Waals surface area contributed by atoms with E-state index in [2.05, 4.69) is 12.2 Å². The van der Waals surface area contributed by atoms with Gasteiger partial charge in [0.1, 0.15) is 5.75 Å². The van der Waals surface area contributed by atoms with Gasteiger partial charge >= 0.3 is 0 Å². The zero-order chi connectivity index (χ0) is 21.3. The first-order valence-electron chi connectivity index (χ1n) is 11.9. The molecule has 0 aromatic heterocycles. The van der Waals surface area contributed by atoms with Gasteiger partial charge in [0.2, 0.25) is 0 Å². The summed E-state index contributed by atoms with van der Waals surface area (Å²) in [6.45, 7) is 3.03. The van der Waals surface area contributed by atoms with Crippen LogP contribution in [0.15, 0.2) is 54.6 Å². The molecule has 0 radical (unpaired) electrons. The fourth-order valence-electron chi connectivity index (χ4n) is 3.56. The molecule has 3 heteroatoms. The summed E-state index contributed by atoms with van der Waals surface area (Å²) in [6.07, 6.45) is 16.2. The number of unbranched alkanes of at least 4 members (excludes halogenated alkanes) is 11. The zero-order valence-corrected chi connectivity index (χ0v) is 18.7. The number of anilines is 1. The highest BCUT2D eigenvalue weighted by Crippen LogP contribution is 2.17. The third-order valence-electron chi connectivity index (χ3n) is 5.41. The summed E-state index contributed by atoms with van der Waals surface area (Å²) in [5, 5.41) is 2.91. The van der Waals surface area contributed by atoms with Crippen LogP contribution in [0.3, 0.4) is 0 Å². The van der Waals surface area contributed by atoms with Crippen LogP contribution in [-0.2, 0) is 0 Å². The second kappa shape index (κ2) is 15.5. The highest BCUT2D eigenvalue weighted by molar-refractivity contribution is 6.04. The summed E-state index contributed by atoms with van der Waals surface area (Å²) in [4.78, 5) is 12.2. The van der Waals surface area contributed by atoms with Crippen molar-refractivity contribution in [3.63, 3.8) is 0 Å². The summed E-state index contributed by atoms with van der Waals surface area (Å²) in [5.74, 6) is 0.761. The van der Waals surface area contributed by atoms with E-state index >= 15 is 0 Å². The average molecular weight is 410 g/mol. The van der Waals surface area contributed by atoms with Gasteiger partial charge in [-0.1, -0.05) is 95.8 Å². The number of hydrogen-bond acceptors (Lipinski definition) is 2. The van der Waals surface area contributed by atoms with Gasteiger partial charge in [0.15, 0.2) is 0 Å². The highest BCUT2D eigenvalue weighted by atomic mass is 16.5. The van der Waals surface area contributed by atoms with E-state index in [0.29, 0.717) is 5.56 Å². The molecule has 0 spiro atoms. The number of ether oxygens (including phenoxy) is 1. The van der Waals surface area contributed by atoms with E-state index in [1.807, 2.05) is 54.6 Å². The van der Waals surface area contributed by atoms with Crippen molar-refractivity contribution in [2.45, 2.75) is 84.0 Å². The molecule has 2 aromatic carbocycles. The van der Waals surface area contributed by atoms with Gasteiger partial charge in [-0.15, -0.1) is 0 Å². The Labute approximate surface area is 183 Å². The van der Waals surface area contributed by atoms with Crippen molar-refractivity contribution < 1.29 is 9.53 Å². The molecule has 1 amide bonds. The first-order chi connectivity index (χ1) is 14.8. The van der Waals surface area contributed by atoms with Crippen LogP contribution in [0, 0.1) is 0 Å². The van der Waals surface area contributed by atoms with Crippen molar-refractivity contribution in [2.24, 2.45) is 0 Å². The number of amides is 1. The lowest BCUT2D eigenvalue weighted by Gasteiger charge is -2.08. The predicted octanol–water partition coefficient (Wildman–Crippen LogP) is 8.02. The molecule has 164 valence electrons. The first-order valence-corrected chi connectivity index (χ1v) is 11.9. The Kier molecular flexibility index (Phi) is 12.4. The molecular weight excluding hydrogens is 370 g/mol. The van der Waals surface area contributed by atoms with Crippen LogP contribution in [0.1, 0.15) is 94.3 Å². The lowest BCUT2D eigenvalue weighted by Crippen LogP contribution is -2.11. The van der Waals surface area contributed by atoms with E-state index in [1.165, 1.54) is 70.6 Å². The lowest BCUT2D eigenvalue weighted by atomic mass is 10.1. The summed E-state index contributed by atoms with van der Waals surface area (Å²) in [7, 11) is 0. The third-order valence-corrected chi connectivity index (χ3v) is 5.41. The van der Waals surface area contributed by atoms with Gasteiger partial charge in [-0.25, -0.2) is 0 Å². The molecule has 0 unspecified atom stereocenters. The molecule has 0 aliphatic rings. The lowest BCUT2D eigenvalue weighted by molar-refractivity contribution is 0.102. The summed E-state index contributed by atoms with van der Waals surface area (Å²) < 4.78 is 5.83. The number of hydrogen-bond donors (Lipinski definition) is 1. The maximum absolute atomic E-state index is 12.2. The normalized spacial score (nSPS) is 10.7. The maximum Gasteiger partial charge on any atom is 0.255 e.